The van der Waals surface area contributed by atoms with E-state index in [9.17, 15) is 9.59 Å². The molecule has 2 atom stereocenters. The quantitative estimate of drug-likeness (QED) is 0.110. The van der Waals surface area contributed by atoms with E-state index in [2.05, 4.69) is 44.8 Å². The molecule has 0 aliphatic carbocycles. The highest BCUT2D eigenvalue weighted by molar-refractivity contribution is 7.14. The number of benzene rings is 2. The highest BCUT2D eigenvalue weighted by Crippen LogP contribution is 2.42. The molecule has 40 heavy (non-hydrogen) atoms. The Bertz CT molecular complexity index is 1290. The lowest BCUT2D eigenvalue weighted by Crippen LogP contribution is -2.26. The third-order valence-electron chi connectivity index (χ3n) is 6.95. The second kappa shape index (κ2) is 14.1. The zero-order valence-corrected chi connectivity index (χ0v) is 26.8. The molecule has 216 valence electrons. The van der Waals surface area contributed by atoms with Gasteiger partial charge in [-0.1, -0.05) is 56.9 Å². The summed E-state index contributed by atoms with van der Waals surface area (Å²) in [5.41, 5.74) is 4.19. The molecule has 0 bridgehead atoms. The Morgan fingerprint density at radius 2 is 1.65 bits per heavy atom. The van der Waals surface area contributed by atoms with E-state index in [1.54, 1.807) is 14.2 Å². The molecule has 0 radical (unpaired) electrons. The van der Waals surface area contributed by atoms with Crippen LogP contribution in [0.5, 0.6) is 11.5 Å². The number of Topliss-reactive ketones (excluding diaryl/α,β-unsaturated/α-hetero) is 1. The second-order valence-corrected chi connectivity index (χ2v) is 18.1. The van der Waals surface area contributed by atoms with Crippen molar-refractivity contribution in [1.82, 2.24) is 0 Å². The van der Waals surface area contributed by atoms with Crippen LogP contribution in [-0.4, -0.2) is 40.7 Å². The molecule has 3 rings (SSSR count). The van der Waals surface area contributed by atoms with E-state index in [0.29, 0.717) is 30.4 Å². The van der Waals surface area contributed by atoms with Crippen LogP contribution in [0, 0.1) is 12.8 Å². The van der Waals surface area contributed by atoms with Gasteiger partial charge in [-0.05, 0) is 53.4 Å². The first kappa shape index (κ1) is 31.6. The molecule has 1 aromatic heterocycles. The number of ketones is 1. The third kappa shape index (κ3) is 8.53. The van der Waals surface area contributed by atoms with Gasteiger partial charge in [0.05, 0.1) is 40.0 Å². The predicted molar refractivity (Wildman–Crippen MR) is 164 cm³/mol. The van der Waals surface area contributed by atoms with Crippen LogP contribution >= 0.6 is 11.3 Å². The fourth-order valence-corrected chi connectivity index (χ4v) is 6.38. The summed E-state index contributed by atoms with van der Waals surface area (Å²) >= 11 is 1.38. The normalized spacial score (nSPS) is 13.0. The van der Waals surface area contributed by atoms with Gasteiger partial charge >= 0.3 is 5.97 Å². The molecule has 2 aromatic carbocycles. The summed E-state index contributed by atoms with van der Waals surface area (Å²) in [6, 6.07) is 16.9. The Morgan fingerprint density at radius 3 is 2.23 bits per heavy atom. The summed E-state index contributed by atoms with van der Waals surface area (Å²) in [4.78, 5) is 27.1. The maximum Gasteiger partial charge on any atom is 0.309 e. The molecule has 0 spiro atoms. The smallest absolute Gasteiger partial charge is 0.309 e. The number of hydrogen-bond donors (Lipinski definition) is 0. The van der Waals surface area contributed by atoms with Crippen molar-refractivity contribution in [2.45, 2.75) is 65.6 Å². The molecule has 0 N–H and O–H groups in total. The molecule has 0 amide bonds. The molecule has 0 aliphatic rings. The lowest BCUT2D eigenvalue weighted by molar-refractivity contribution is -0.147. The highest BCUT2D eigenvalue weighted by atomic mass is 32.1. The van der Waals surface area contributed by atoms with Crippen molar-refractivity contribution in [3.8, 4) is 11.5 Å². The van der Waals surface area contributed by atoms with Crippen LogP contribution in [0.3, 0.4) is 0 Å². The van der Waals surface area contributed by atoms with E-state index in [4.69, 9.17) is 18.9 Å². The van der Waals surface area contributed by atoms with Gasteiger partial charge in [0.15, 0.2) is 5.78 Å². The van der Waals surface area contributed by atoms with Crippen LogP contribution in [0.25, 0.3) is 0 Å². The van der Waals surface area contributed by atoms with E-state index >= 15 is 0 Å². The van der Waals surface area contributed by atoms with Crippen molar-refractivity contribution in [3.63, 3.8) is 0 Å². The molecule has 0 saturated carbocycles. The van der Waals surface area contributed by atoms with Crippen molar-refractivity contribution in [3.05, 3.63) is 80.5 Å². The van der Waals surface area contributed by atoms with E-state index in [1.807, 2.05) is 37.3 Å². The number of rotatable bonds is 14. The van der Waals surface area contributed by atoms with E-state index in [-0.39, 0.29) is 17.7 Å². The average Bonchev–Trinajstić information content (AvgIpc) is 3.34. The molecule has 0 saturated heterocycles. The second-order valence-electron chi connectivity index (χ2n) is 11.4. The molecular formula is C32H42O6SSi. The first-order chi connectivity index (χ1) is 18.9. The Labute approximate surface area is 243 Å². The molecule has 0 fully saturated rings. The number of esters is 1. The number of carbonyl (C=O) groups excluding carboxylic acids is 2. The topological polar surface area (TPSA) is 71.1 Å². The number of hydrogen-bond acceptors (Lipinski definition) is 7. The zero-order chi connectivity index (χ0) is 29.4. The lowest BCUT2D eigenvalue weighted by atomic mass is 9.84. The SMILES string of the molecule is COc1ccc(COCc2cc(C(c3cc(OC)c(C(C)=O)s3)C(C)C(=O)OCC[Si](C)(C)C)ccc2C)cc1. The van der Waals surface area contributed by atoms with Gasteiger partial charge in [-0.25, -0.2) is 0 Å². The summed E-state index contributed by atoms with van der Waals surface area (Å²) in [5, 5.41) is 0. The van der Waals surface area contributed by atoms with Gasteiger partial charge in [-0.15, -0.1) is 11.3 Å². The van der Waals surface area contributed by atoms with Crippen molar-refractivity contribution < 1.29 is 28.5 Å². The average molecular weight is 583 g/mol. The Morgan fingerprint density at radius 1 is 0.950 bits per heavy atom. The minimum Gasteiger partial charge on any atom is -0.497 e. The first-order valence-corrected chi connectivity index (χ1v) is 18.1. The minimum absolute atomic E-state index is 0.0613. The lowest BCUT2D eigenvalue weighted by Gasteiger charge is -2.24. The summed E-state index contributed by atoms with van der Waals surface area (Å²) < 4.78 is 22.6. The number of methoxy groups -OCH3 is 2. The summed E-state index contributed by atoms with van der Waals surface area (Å²) in [6.45, 7) is 13.6. The maximum absolute atomic E-state index is 13.3. The molecule has 8 heteroatoms. The standard InChI is InChI=1S/C32H42O6SSi/c1-21-9-12-25(17-26(21)20-37-19-24-10-13-27(35-4)14-11-24)30(22(2)32(34)38-15-16-40(6,7)8)29-18-28(36-5)31(39-29)23(3)33/h9-14,17-18,22,30H,15-16,19-20H2,1-8H3. The van der Waals surface area contributed by atoms with E-state index < -0.39 is 14.0 Å². The van der Waals surface area contributed by atoms with Gasteiger partial charge in [-0.3, -0.25) is 9.59 Å². The van der Waals surface area contributed by atoms with Crippen LogP contribution in [-0.2, 0) is 27.5 Å². The van der Waals surface area contributed by atoms with Crippen molar-refractivity contribution in [2.75, 3.05) is 20.8 Å². The highest BCUT2D eigenvalue weighted by Gasteiger charge is 2.32. The Balaban J connectivity index is 1.89. The van der Waals surface area contributed by atoms with E-state index in [0.717, 1.165) is 38.9 Å². The van der Waals surface area contributed by atoms with Crippen LogP contribution in [0.2, 0.25) is 25.7 Å². The molecule has 2 unspecified atom stereocenters. The first-order valence-electron chi connectivity index (χ1n) is 13.6. The van der Waals surface area contributed by atoms with Crippen LogP contribution in [0.15, 0.2) is 48.5 Å². The number of thiophene rings is 1. The summed E-state index contributed by atoms with van der Waals surface area (Å²) in [6.07, 6.45) is 0. The predicted octanol–water partition coefficient (Wildman–Crippen LogP) is 7.64. The fourth-order valence-electron chi connectivity index (χ4n) is 4.41. The largest absolute Gasteiger partial charge is 0.497 e. The monoisotopic (exact) mass is 582 g/mol. The van der Waals surface area contributed by atoms with Gasteiger partial charge in [0.1, 0.15) is 16.4 Å². The third-order valence-corrected chi connectivity index (χ3v) is 9.95. The molecule has 1 heterocycles. The molecular weight excluding hydrogens is 540 g/mol. The van der Waals surface area contributed by atoms with Crippen molar-refractivity contribution in [1.29, 1.82) is 0 Å². The van der Waals surface area contributed by atoms with Crippen LogP contribution in [0.4, 0.5) is 0 Å². The van der Waals surface area contributed by atoms with Gasteiger partial charge in [0.25, 0.3) is 0 Å². The minimum atomic E-state index is -1.34. The Kier molecular flexibility index (Phi) is 11.1. The molecule has 3 aromatic rings. The number of ether oxygens (including phenoxy) is 4. The van der Waals surface area contributed by atoms with Crippen molar-refractivity contribution >= 4 is 31.2 Å². The van der Waals surface area contributed by atoms with Crippen molar-refractivity contribution in [2.24, 2.45) is 5.92 Å². The summed E-state index contributed by atoms with van der Waals surface area (Å²) in [5.74, 6) is 0.288. The van der Waals surface area contributed by atoms with E-state index in [1.165, 1.54) is 18.3 Å². The zero-order valence-electron chi connectivity index (χ0n) is 25.0. The van der Waals surface area contributed by atoms with Crippen LogP contribution in [0.1, 0.15) is 56.6 Å². The molecule has 0 aliphatic heterocycles. The maximum atomic E-state index is 13.3. The summed E-state index contributed by atoms with van der Waals surface area (Å²) in [7, 11) is 1.87. The van der Waals surface area contributed by atoms with Gasteiger partial charge in [-0.2, -0.15) is 0 Å². The Hall–Kier alpha value is -2.94. The van der Waals surface area contributed by atoms with Gasteiger partial charge in [0.2, 0.25) is 0 Å². The van der Waals surface area contributed by atoms with Gasteiger partial charge in [0, 0.05) is 25.8 Å². The van der Waals surface area contributed by atoms with Gasteiger partial charge < -0.3 is 18.9 Å². The fraction of sp³-hybridized carbons (Fsp3) is 0.438. The molecule has 6 nitrogen and oxygen atoms in total. The van der Waals surface area contributed by atoms with Crippen LogP contribution < -0.4 is 9.47 Å². The number of carbonyl (C=O) groups is 2. The number of aryl methyl sites for hydroxylation is 1.